The van der Waals surface area contributed by atoms with Crippen molar-refractivity contribution < 1.29 is 23.9 Å². The summed E-state index contributed by atoms with van der Waals surface area (Å²) in [5.74, 6) is -1.38. The molecule has 0 aliphatic rings. The van der Waals surface area contributed by atoms with Crippen LogP contribution in [0.2, 0.25) is 0 Å². The number of carbonyl (C=O) groups is 3. The normalized spacial score (nSPS) is 10.9. The first-order valence-electron chi connectivity index (χ1n) is 9.02. The highest BCUT2D eigenvalue weighted by Gasteiger charge is 2.23. The Kier molecular flexibility index (Phi) is 6.98. The lowest BCUT2D eigenvalue weighted by Crippen LogP contribution is -2.46. The maximum absolute atomic E-state index is 12.4. The molecule has 2 aromatic rings. The minimum atomic E-state index is -0.794. The first kappa shape index (κ1) is 21.9. The van der Waals surface area contributed by atoms with Gasteiger partial charge in [0, 0.05) is 12.6 Å². The Labute approximate surface area is 169 Å². The second kappa shape index (κ2) is 9.22. The van der Waals surface area contributed by atoms with Crippen molar-refractivity contribution in [1.29, 1.82) is 0 Å². The molecule has 2 amide bonds. The van der Waals surface area contributed by atoms with Gasteiger partial charge in [0.25, 0.3) is 5.91 Å². The zero-order chi connectivity index (χ0) is 21.6. The molecule has 1 aromatic carbocycles. The molecule has 1 aromatic heterocycles. The van der Waals surface area contributed by atoms with Crippen LogP contribution in [-0.4, -0.2) is 65.3 Å². The van der Waals surface area contributed by atoms with E-state index in [-0.39, 0.29) is 23.9 Å². The molecule has 0 atom stereocenters. The zero-order valence-electron chi connectivity index (χ0n) is 17.3. The number of nitrogens with zero attached hydrogens (tertiary/aromatic N) is 3. The Morgan fingerprint density at radius 1 is 1.17 bits per heavy atom. The second-order valence-corrected chi connectivity index (χ2v) is 7.45. The number of hydrogen-bond donors (Lipinski definition) is 1. The van der Waals surface area contributed by atoms with E-state index in [1.54, 1.807) is 6.20 Å². The van der Waals surface area contributed by atoms with Crippen LogP contribution in [0.5, 0.6) is 5.75 Å². The van der Waals surface area contributed by atoms with Gasteiger partial charge in [0.2, 0.25) is 11.6 Å². The van der Waals surface area contributed by atoms with Crippen molar-refractivity contribution in [1.82, 2.24) is 20.0 Å². The number of para-hydroxylation sites is 1. The summed E-state index contributed by atoms with van der Waals surface area (Å²) in [6.45, 7) is 4.88. The lowest BCUT2D eigenvalue weighted by Gasteiger charge is -2.23. The van der Waals surface area contributed by atoms with E-state index in [0.29, 0.717) is 0 Å². The van der Waals surface area contributed by atoms with Crippen LogP contribution in [0.3, 0.4) is 0 Å². The molecule has 0 radical (unpaired) electrons. The summed E-state index contributed by atoms with van der Waals surface area (Å²) in [6.07, 6.45) is 1.55. The summed E-state index contributed by atoms with van der Waals surface area (Å²) < 4.78 is 11.7. The fourth-order valence-electron chi connectivity index (χ4n) is 2.43. The predicted molar refractivity (Wildman–Crippen MR) is 106 cm³/mol. The lowest BCUT2D eigenvalue weighted by atomic mass is 10.1. The molecule has 1 heterocycles. The number of rotatable bonds is 7. The number of hydrogen-bond acceptors (Lipinski definition) is 6. The first-order valence-corrected chi connectivity index (χ1v) is 9.02. The van der Waals surface area contributed by atoms with Crippen LogP contribution in [0.15, 0.2) is 36.5 Å². The number of ether oxygens (including phenoxy) is 2. The highest BCUT2D eigenvalue weighted by atomic mass is 16.5. The molecule has 0 saturated heterocycles. The standard InChI is InChI=1S/C20H26N4O5/c1-20(2,3)21-16(25)12-23(4)17(26)13-29-19(27)18-15(28-5)11-24(22-18)14-9-7-6-8-10-14/h6-11H,12-13H2,1-5H3,(H,21,25). The van der Waals surface area contributed by atoms with Crippen LogP contribution in [0, 0.1) is 0 Å². The molecular formula is C20H26N4O5. The maximum Gasteiger partial charge on any atom is 0.363 e. The SMILES string of the molecule is COc1cn(-c2ccccc2)nc1C(=O)OCC(=O)N(C)CC(=O)NC(C)(C)C. The van der Waals surface area contributed by atoms with E-state index in [1.165, 1.54) is 23.7 Å². The number of benzene rings is 1. The molecule has 0 saturated carbocycles. The Hall–Kier alpha value is -3.36. The van der Waals surface area contributed by atoms with Gasteiger partial charge in [0.1, 0.15) is 0 Å². The Balaban J connectivity index is 1.97. The fraction of sp³-hybridized carbons (Fsp3) is 0.400. The van der Waals surface area contributed by atoms with Gasteiger partial charge in [-0.3, -0.25) is 9.59 Å². The third-order valence-corrected chi connectivity index (χ3v) is 3.76. The number of amides is 2. The van der Waals surface area contributed by atoms with E-state index >= 15 is 0 Å². The largest absolute Gasteiger partial charge is 0.493 e. The van der Waals surface area contributed by atoms with Crippen molar-refractivity contribution in [2.45, 2.75) is 26.3 Å². The van der Waals surface area contributed by atoms with Crippen LogP contribution >= 0.6 is 0 Å². The van der Waals surface area contributed by atoms with E-state index in [9.17, 15) is 14.4 Å². The molecule has 0 spiro atoms. The second-order valence-electron chi connectivity index (χ2n) is 7.45. The summed E-state index contributed by atoms with van der Waals surface area (Å²) in [5.41, 5.74) is 0.296. The van der Waals surface area contributed by atoms with Gasteiger partial charge in [0.15, 0.2) is 12.4 Å². The zero-order valence-corrected chi connectivity index (χ0v) is 17.3. The molecule has 1 N–H and O–H groups in total. The average molecular weight is 402 g/mol. The third kappa shape index (κ3) is 6.34. The average Bonchev–Trinajstić information content (AvgIpc) is 3.09. The minimum Gasteiger partial charge on any atom is -0.493 e. The van der Waals surface area contributed by atoms with Crippen molar-refractivity contribution in [2.75, 3.05) is 27.3 Å². The van der Waals surface area contributed by atoms with Gasteiger partial charge >= 0.3 is 5.97 Å². The Bertz CT molecular complexity index is 871. The summed E-state index contributed by atoms with van der Waals surface area (Å²) in [5, 5.41) is 6.95. The minimum absolute atomic E-state index is 0.0442. The first-order chi connectivity index (χ1) is 13.6. The molecule has 9 nitrogen and oxygen atoms in total. The number of carbonyl (C=O) groups excluding carboxylic acids is 3. The van der Waals surface area contributed by atoms with Crippen LogP contribution in [0.4, 0.5) is 0 Å². The maximum atomic E-state index is 12.4. The molecule has 2 rings (SSSR count). The van der Waals surface area contributed by atoms with Gasteiger partial charge < -0.3 is 19.7 Å². The molecular weight excluding hydrogens is 376 g/mol. The van der Waals surface area contributed by atoms with Crippen molar-refractivity contribution in [2.24, 2.45) is 0 Å². The van der Waals surface area contributed by atoms with Crippen LogP contribution in [0.25, 0.3) is 5.69 Å². The van der Waals surface area contributed by atoms with Crippen LogP contribution in [-0.2, 0) is 14.3 Å². The molecule has 156 valence electrons. The molecule has 0 unspecified atom stereocenters. The monoisotopic (exact) mass is 402 g/mol. The van der Waals surface area contributed by atoms with Gasteiger partial charge in [-0.25, -0.2) is 9.48 Å². The number of nitrogens with one attached hydrogen (secondary N) is 1. The fourth-order valence-corrected chi connectivity index (χ4v) is 2.43. The van der Waals surface area contributed by atoms with Gasteiger partial charge in [-0.2, -0.15) is 5.10 Å². The van der Waals surface area contributed by atoms with Crippen LogP contribution < -0.4 is 10.1 Å². The smallest absolute Gasteiger partial charge is 0.363 e. The summed E-state index contributed by atoms with van der Waals surface area (Å²) in [7, 11) is 2.87. The molecule has 0 bridgehead atoms. The van der Waals surface area contributed by atoms with Gasteiger partial charge in [0.05, 0.1) is 25.5 Å². The van der Waals surface area contributed by atoms with Crippen molar-refractivity contribution in [3.63, 3.8) is 0 Å². The quantitative estimate of drug-likeness (QED) is 0.703. The summed E-state index contributed by atoms with van der Waals surface area (Å²) >= 11 is 0. The number of aromatic nitrogens is 2. The lowest BCUT2D eigenvalue weighted by molar-refractivity contribution is -0.137. The van der Waals surface area contributed by atoms with E-state index in [4.69, 9.17) is 9.47 Å². The van der Waals surface area contributed by atoms with E-state index in [1.807, 2.05) is 51.1 Å². The highest BCUT2D eigenvalue weighted by molar-refractivity contribution is 5.92. The van der Waals surface area contributed by atoms with Crippen molar-refractivity contribution in [3.8, 4) is 11.4 Å². The summed E-state index contributed by atoms with van der Waals surface area (Å²) in [4.78, 5) is 37.7. The molecule has 0 fully saturated rings. The summed E-state index contributed by atoms with van der Waals surface area (Å²) in [6, 6.07) is 9.19. The molecule has 9 heteroatoms. The number of esters is 1. The topological polar surface area (TPSA) is 103 Å². The Morgan fingerprint density at radius 2 is 1.83 bits per heavy atom. The van der Waals surface area contributed by atoms with Crippen LogP contribution in [0.1, 0.15) is 31.3 Å². The van der Waals surface area contributed by atoms with Gasteiger partial charge in [-0.05, 0) is 32.9 Å². The number of likely N-dealkylation sites (N-methyl/N-ethyl adjacent to an activating group) is 1. The molecule has 29 heavy (non-hydrogen) atoms. The van der Waals surface area contributed by atoms with E-state index < -0.39 is 24.0 Å². The van der Waals surface area contributed by atoms with E-state index in [0.717, 1.165) is 5.69 Å². The number of methoxy groups -OCH3 is 1. The van der Waals surface area contributed by atoms with Crippen molar-refractivity contribution in [3.05, 3.63) is 42.2 Å². The van der Waals surface area contributed by atoms with E-state index in [2.05, 4.69) is 10.4 Å². The van der Waals surface area contributed by atoms with Gasteiger partial charge in [-0.15, -0.1) is 0 Å². The Morgan fingerprint density at radius 3 is 2.41 bits per heavy atom. The highest BCUT2D eigenvalue weighted by Crippen LogP contribution is 2.20. The third-order valence-electron chi connectivity index (χ3n) is 3.76. The molecule has 0 aliphatic carbocycles. The molecule has 0 aliphatic heterocycles. The van der Waals surface area contributed by atoms with Crippen molar-refractivity contribution >= 4 is 17.8 Å². The predicted octanol–water partition coefficient (Wildman–Crippen LogP) is 1.41. The van der Waals surface area contributed by atoms with Gasteiger partial charge in [-0.1, -0.05) is 18.2 Å².